The number of carbonyl (C=O) groups excluding carboxylic acids is 2. The maximum absolute atomic E-state index is 11.7. The van der Waals surface area contributed by atoms with Crippen LogP contribution in [-0.4, -0.2) is 42.4 Å². The molecule has 0 aromatic rings. The van der Waals surface area contributed by atoms with Crippen molar-refractivity contribution in [3.63, 3.8) is 0 Å². The van der Waals surface area contributed by atoms with E-state index in [4.69, 9.17) is 5.73 Å². The van der Waals surface area contributed by atoms with Crippen molar-refractivity contribution in [3.8, 4) is 0 Å². The van der Waals surface area contributed by atoms with Crippen LogP contribution in [0.4, 0.5) is 0 Å². The number of amides is 2. The highest BCUT2D eigenvalue weighted by Gasteiger charge is 2.29. The zero-order valence-corrected chi connectivity index (χ0v) is 10.9. The first-order chi connectivity index (χ1) is 7.90. The summed E-state index contributed by atoms with van der Waals surface area (Å²) in [6.45, 7) is 7.29. The molecule has 0 radical (unpaired) electrons. The Hall–Kier alpha value is -1.10. The summed E-state index contributed by atoms with van der Waals surface area (Å²) in [6.07, 6.45) is 0.443. The van der Waals surface area contributed by atoms with Crippen LogP contribution in [0.5, 0.6) is 0 Å². The van der Waals surface area contributed by atoms with Gasteiger partial charge in [0.1, 0.15) is 0 Å². The fraction of sp³-hybridized carbons (Fsp3) is 0.833. The number of nitrogens with one attached hydrogen (secondary N) is 1. The molecule has 2 amide bonds. The number of piperidine rings is 1. The SMILES string of the molecule is CC(C)CNC(=O)CN1CC(N)C(C)CC1=O. The van der Waals surface area contributed by atoms with E-state index in [9.17, 15) is 9.59 Å². The van der Waals surface area contributed by atoms with Gasteiger partial charge >= 0.3 is 0 Å². The van der Waals surface area contributed by atoms with Crippen molar-refractivity contribution in [1.82, 2.24) is 10.2 Å². The summed E-state index contributed by atoms with van der Waals surface area (Å²) in [5, 5.41) is 2.80. The molecule has 2 unspecified atom stereocenters. The second-order valence-electron chi connectivity index (χ2n) is 5.32. The maximum atomic E-state index is 11.7. The van der Waals surface area contributed by atoms with E-state index in [1.807, 2.05) is 20.8 Å². The molecular weight excluding hydrogens is 218 g/mol. The number of nitrogens with zero attached hydrogens (tertiary/aromatic N) is 1. The largest absolute Gasteiger partial charge is 0.354 e. The highest BCUT2D eigenvalue weighted by atomic mass is 16.2. The molecule has 1 saturated heterocycles. The van der Waals surface area contributed by atoms with E-state index >= 15 is 0 Å². The third kappa shape index (κ3) is 4.34. The van der Waals surface area contributed by atoms with Crippen molar-refractivity contribution in [3.05, 3.63) is 0 Å². The summed E-state index contributed by atoms with van der Waals surface area (Å²) in [5.41, 5.74) is 5.90. The van der Waals surface area contributed by atoms with Crippen LogP contribution in [0.25, 0.3) is 0 Å². The molecule has 1 heterocycles. The molecule has 98 valence electrons. The molecule has 0 aliphatic carbocycles. The van der Waals surface area contributed by atoms with Gasteiger partial charge in [-0.05, 0) is 11.8 Å². The zero-order chi connectivity index (χ0) is 13.0. The summed E-state index contributed by atoms with van der Waals surface area (Å²) in [4.78, 5) is 24.9. The minimum Gasteiger partial charge on any atom is -0.354 e. The topological polar surface area (TPSA) is 75.4 Å². The van der Waals surface area contributed by atoms with Crippen LogP contribution in [0, 0.1) is 11.8 Å². The third-order valence-electron chi connectivity index (χ3n) is 3.05. The highest BCUT2D eigenvalue weighted by Crippen LogP contribution is 2.16. The first kappa shape index (κ1) is 14.0. The number of likely N-dealkylation sites (tertiary alicyclic amines) is 1. The Kier molecular flexibility index (Phi) is 4.93. The summed E-state index contributed by atoms with van der Waals surface area (Å²) >= 11 is 0. The standard InChI is InChI=1S/C12H23N3O2/c1-8(2)5-14-11(16)7-15-6-10(13)9(3)4-12(15)17/h8-10H,4-7,13H2,1-3H3,(H,14,16). The number of rotatable bonds is 4. The van der Waals surface area contributed by atoms with Crippen LogP contribution in [0.1, 0.15) is 27.2 Å². The summed E-state index contributed by atoms with van der Waals surface area (Å²) in [7, 11) is 0. The quantitative estimate of drug-likeness (QED) is 0.725. The van der Waals surface area contributed by atoms with Crippen molar-refractivity contribution in [2.24, 2.45) is 17.6 Å². The number of carbonyl (C=O) groups is 2. The van der Waals surface area contributed by atoms with E-state index in [1.165, 1.54) is 0 Å². The van der Waals surface area contributed by atoms with Crippen LogP contribution in [-0.2, 0) is 9.59 Å². The normalized spacial score (nSPS) is 25.2. The molecule has 1 fully saturated rings. The second kappa shape index (κ2) is 6.00. The molecule has 3 N–H and O–H groups in total. The zero-order valence-electron chi connectivity index (χ0n) is 10.9. The predicted octanol–water partition coefficient (Wildman–Crippen LogP) is -0.0457. The van der Waals surface area contributed by atoms with Gasteiger partial charge in [0.25, 0.3) is 0 Å². The lowest BCUT2D eigenvalue weighted by Crippen LogP contribution is -2.53. The first-order valence-corrected chi connectivity index (χ1v) is 6.20. The highest BCUT2D eigenvalue weighted by molar-refractivity contribution is 5.85. The molecule has 2 atom stereocenters. The lowest BCUT2D eigenvalue weighted by atomic mass is 9.94. The maximum Gasteiger partial charge on any atom is 0.239 e. The average molecular weight is 241 g/mol. The fourth-order valence-electron chi connectivity index (χ4n) is 1.79. The fourth-order valence-corrected chi connectivity index (χ4v) is 1.79. The Balaban J connectivity index is 2.40. The molecule has 1 aliphatic rings. The van der Waals surface area contributed by atoms with Crippen molar-refractivity contribution < 1.29 is 9.59 Å². The second-order valence-corrected chi connectivity index (χ2v) is 5.32. The van der Waals surface area contributed by atoms with Crippen molar-refractivity contribution in [2.75, 3.05) is 19.6 Å². The van der Waals surface area contributed by atoms with Gasteiger partial charge in [-0.1, -0.05) is 20.8 Å². The molecular formula is C12H23N3O2. The number of nitrogens with two attached hydrogens (primary N) is 1. The van der Waals surface area contributed by atoms with Gasteiger partial charge in [-0.15, -0.1) is 0 Å². The number of hydrogen-bond acceptors (Lipinski definition) is 3. The molecule has 5 heteroatoms. The van der Waals surface area contributed by atoms with Crippen LogP contribution >= 0.6 is 0 Å². The van der Waals surface area contributed by atoms with Crippen molar-refractivity contribution in [2.45, 2.75) is 33.2 Å². The Labute approximate surface area is 103 Å². The molecule has 0 bridgehead atoms. The van der Waals surface area contributed by atoms with Crippen LogP contribution < -0.4 is 11.1 Å². The molecule has 5 nitrogen and oxygen atoms in total. The number of hydrogen-bond donors (Lipinski definition) is 2. The average Bonchev–Trinajstić information content (AvgIpc) is 2.23. The van der Waals surface area contributed by atoms with E-state index in [-0.39, 0.29) is 30.3 Å². The van der Waals surface area contributed by atoms with E-state index in [2.05, 4.69) is 5.32 Å². The summed E-state index contributed by atoms with van der Waals surface area (Å²) in [5.74, 6) is 0.545. The molecule has 0 spiro atoms. The molecule has 0 saturated carbocycles. The van der Waals surface area contributed by atoms with Gasteiger partial charge in [-0.25, -0.2) is 0 Å². The van der Waals surface area contributed by atoms with Gasteiger partial charge in [0.2, 0.25) is 11.8 Å². The third-order valence-corrected chi connectivity index (χ3v) is 3.05. The Bertz CT molecular complexity index is 291. The lowest BCUT2D eigenvalue weighted by Gasteiger charge is -2.34. The minimum atomic E-state index is -0.103. The predicted molar refractivity (Wildman–Crippen MR) is 66.2 cm³/mol. The van der Waals surface area contributed by atoms with Crippen molar-refractivity contribution in [1.29, 1.82) is 0 Å². The van der Waals surface area contributed by atoms with Gasteiger partial charge in [0.05, 0.1) is 6.54 Å². The van der Waals surface area contributed by atoms with Gasteiger partial charge < -0.3 is 16.0 Å². The van der Waals surface area contributed by atoms with E-state index in [0.717, 1.165) is 0 Å². The Morgan fingerprint density at radius 2 is 2.24 bits per heavy atom. The van der Waals surface area contributed by atoms with Gasteiger partial charge in [0.15, 0.2) is 0 Å². The van der Waals surface area contributed by atoms with Gasteiger partial charge in [-0.3, -0.25) is 9.59 Å². The minimum absolute atomic E-state index is 0.0226. The Morgan fingerprint density at radius 1 is 1.59 bits per heavy atom. The smallest absolute Gasteiger partial charge is 0.239 e. The van der Waals surface area contributed by atoms with E-state index in [0.29, 0.717) is 25.4 Å². The van der Waals surface area contributed by atoms with Gasteiger partial charge in [-0.2, -0.15) is 0 Å². The molecule has 17 heavy (non-hydrogen) atoms. The Morgan fingerprint density at radius 3 is 2.82 bits per heavy atom. The van der Waals surface area contributed by atoms with Gasteiger partial charge in [0, 0.05) is 25.6 Å². The lowest BCUT2D eigenvalue weighted by molar-refractivity contribution is -0.139. The van der Waals surface area contributed by atoms with Crippen LogP contribution in [0.15, 0.2) is 0 Å². The summed E-state index contributed by atoms with van der Waals surface area (Å²) < 4.78 is 0. The summed E-state index contributed by atoms with van der Waals surface area (Å²) in [6, 6.07) is -0.0226. The van der Waals surface area contributed by atoms with Crippen LogP contribution in [0.3, 0.4) is 0 Å². The molecule has 0 aromatic heterocycles. The van der Waals surface area contributed by atoms with E-state index in [1.54, 1.807) is 4.90 Å². The van der Waals surface area contributed by atoms with E-state index < -0.39 is 0 Å². The molecule has 1 rings (SSSR count). The monoisotopic (exact) mass is 241 g/mol. The first-order valence-electron chi connectivity index (χ1n) is 6.20. The van der Waals surface area contributed by atoms with Crippen molar-refractivity contribution >= 4 is 11.8 Å². The molecule has 1 aliphatic heterocycles. The van der Waals surface area contributed by atoms with Crippen LogP contribution in [0.2, 0.25) is 0 Å². The molecule has 0 aromatic carbocycles.